The van der Waals surface area contributed by atoms with E-state index in [0.29, 0.717) is 5.54 Å². The topological polar surface area (TPSA) is 3.24 Å². The van der Waals surface area contributed by atoms with Crippen LogP contribution in [0.1, 0.15) is 44.6 Å². The minimum atomic E-state index is -0.151. The number of hydrogen-bond donors (Lipinski definition) is 0. The van der Waals surface area contributed by atoms with Gasteiger partial charge in [-0.05, 0) is 75.4 Å². The second-order valence-electron chi connectivity index (χ2n) is 6.13. The van der Waals surface area contributed by atoms with Crippen LogP contribution in [0.25, 0.3) is 5.57 Å². The molecule has 1 heterocycles. The highest BCUT2D eigenvalue weighted by atomic mass is 19.1. The normalized spacial score (nSPS) is 28.4. The van der Waals surface area contributed by atoms with Crippen molar-refractivity contribution >= 4 is 5.57 Å². The van der Waals surface area contributed by atoms with Crippen LogP contribution in [0.15, 0.2) is 30.3 Å². The number of rotatable bonds is 2. The van der Waals surface area contributed by atoms with Gasteiger partial charge in [0.25, 0.3) is 0 Å². The summed E-state index contributed by atoms with van der Waals surface area (Å²) in [5.41, 5.74) is 2.92. The highest BCUT2D eigenvalue weighted by Crippen LogP contribution is 2.37. The van der Waals surface area contributed by atoms with E-state index in [-0.39, 0.29) is 5.82 Å². The third-order valence-electron chi connectivity index (χ3n) is 4.81. The van der Waals surface area contributed by atoms with Crippen LogP contribution in [0.4, 0.5) is 4.39 Å². The fraction of sp³-hybridized carbons (Fsp3) is 0.529. The van der Waals surface area contributed by atoms with Crippen molar-refractivity contribution in [3.05, 3.63) is 41.7 Å². The van der Waals surface area contributed by atoms with Gasteiger partial charge in [-0.25, -0.2) is 4.39 Å². The minimum absolute atomic E-state index is 0.151. The van der Waals surface area contributed by atoms with Crippen molar-refractivity contribution in [2.75, 3.05) is 13.1 Å². The van der Waals surface area contributed by atoms with Gasteiger partial charge in [-0.15, -0.1) is 0 Å². The Kier molecular flexibility index (Phi) is 3.44. The van der Waals surface area contributed by atoms with E-state index in [1.54, 1.807) is 12.1 Å². The maximum absolute atomic E-state index is 13.0. The molecule has 19 heavy (non-hydrogen) atoms. The molecule has 1 aromatic rings. The van der Waals surface area contributed by atoms with Crippen molar-refractivity contribution in [1.82, 2.24) is 4.90 Å². The van der Waals surface area contributed by atoms with Crippen molar-refractivity contribution in [3.8, 4) is 0 Å². The summed E-state index contributed by atoms with van der Waals surface area (Å²) >= 11 is 0. The summed E-state index contributed by atoms with van der Waals surface area (Å²) < 4.78 is 13.0. The molecule has 0 aromatic heterocycles. The van der Waals surface area contributed by atoms with E-state index in [4.69, 9.17) is 0 Å². The average Bonchev–Trinajstić information content (AvgIpc) is 2.96. The fourth-order valence-corrected chi connectivity index (χ4v) is 3.42. The summed E-state index contributed by atoms with van der Waals surface area (Å²) in [6.07, 6.45) is 8.53. The molecule has 0 N–H and O–H groups in total. The van der Waals surface area contributed by atoms with E-state index >= 15 is 0 Å². The number of likely N-dealkylation sites (tertiary alicyclic amines) is 1. The van der Waals surface area contributed by atoms with Gasteiger partial charge in [-0.2, -0.15) is 0 Å². The summed E-state index contributed by atoms with van der Waals surface area (Å²) in [7, 11) is 0. The fourth-order valence-electron chi connectivity index (χ4n) is 3.42. The molecule has 1 atom stereocenters. The first kappa shape index (κ1) is 12.9. The van der Waals surface area contributed by atoms with E-state index in [1.807, 2.05) is 12.1 Å². The number of benzene rings is 1. The number of halogens is 1. The quantitative estimate of drug-likeness (QED) is 0.767. The van der Waals surface area contributed by atoms with Crippen LogP contribution < -0.4 is 0 Å². The minimum Gasteiger partial charge on any atom is -0.298 e. The number of allylic oxidation sites excluding steroid dienone is 1. The molecule has 2 aliphatic rings. The lowest BCUT2D eigenvalue weighted by molar-refractivity contribution is 0.125. The van der Waals surface area contributed by atoms with E-state index in [1.165, 1.54) is 43.5 Å². The first-order valence-corrected chi connectivity index (χ1v) is 7.37. The SMILES string of the molecule is CC1(N2CCCC2)CC=C(c2ccc(F)cc2)CC1. The molecule has 3 rings (SSSR count). The van der Waals surface area contributed by atoms with Crippen LogP contribution in [0.5, 0.6) is 0 Å². The smallest absolute Gasteiger partial charge is 0.123 e. The molecular weight excluding hydrogens is 237 g/mol. The predicted octanol–water partition coefficient (Wildman–Crippen LogP) is 4.25. The van der Waals surface area contributed by atoms with E-state index < -0.39 is 0 Å². The Bertz CT molecular complexity index is 471. The Labute approximate surface area is 115 Å². The second-order valence-corrected chi connectivity index (χ2v) is 6.13. The molecule has 0 saturated carbocycles. The molecule has 0 bridgehead atoms. The Hall–Kier alpha value is -1.15. The molecule has 1 aromatic carbocycles. The predicted molar refractivity (Wildman–Crippen MR) is 77.4 cm³/mol. The zero-order valence-electron chi connectivity index (χ0n) is 11.7. The highest BCUT2D eigenvalue weighted by Gasteiger charge is 2.34. The summed E-state index contributed by atoms with van der Waals surface area (Å²) in [5.74, 6) is -0.151. The Balaban J connectivity index is 1.74. The van der Waals surface area contributed by atoms with Gasteiger partial charge < -0.3 is 0 Å². The Morgan fingerprint density at radius 2 is 1.79 bits per heavy atom. The standard InChI is InChI=1S/C17H22FN/c1-17(19-12-2-3-13-19)10-8-15(9-11-17)14-4-6-16(18)7-5-14/h4-8H,2-3,9-13H2,1H3. The van der Waals surface area contributed by atoms with Crippen LogP contribution >= 0.6 is 0 Å². The zero-order valence-corrected chi connectivity index (χ0v) is 11.7. The first-order chi connectivity index (χ1) is 9.17. The maximum Gasteiger partial charge on any atom is 0.123 e. The maximum atomic E-state index is 13.0. The van der Waals surface area contributed by atoms with Gasteiger partial charge in [0.05, 0.1) is 0 Å². The van der Waals surface area contributed by atoms with Crippen molar-refractivity contribution < 1.29 is 4.39 Å². The lowest BCUT2D eigenvalue weighted by Gasteiger charge is -2.41. The largest absolute Gasteiger partial charge is 0.298 e. The Morgan fingerprint density at radius 1 is 1.11 bits per heavy atom. The van der Waals surface area contributed by atoms with Crippen molar-refractivity contribution in [2.45, 2.75) is 44.6 Å². The molecule has 0 spiro atoms. The summed E-state index contributed by atoms with van der Waals surface area (Å²) in [6.45, 7) is 4.92. The second kappa shape index (κ2) is 5.09. The third kappa shape index (κ3) is 2.59. The molecule has 0 radical (unpaired) electrons. The molecule has 1 aliphatic carbocycles. The van der Waals surface area contributed by atoms with Gasteiger partial charge in [0, 0.05) is 5.54 Å². The molecule has 1 fully saturated rings. The molecule has 1 aliphatic heterocycles. The summed E-state index contributed by atoms with van der Waals surface area (Å²) in [4.78, 5) is 2.66. The lowest BCUT2D eigenvalue weighted by Crippen LogP contribution is -2.45. The highest BCUT2D eigenvalue weighted by molar-refractivity contribution is 5.66. The van der Waals surface area contributed by atoms with Crippen LogP contribution in [0, 0.1) is 5.82 Å². The summed E-state index contributed by atoms with van der Waals surface area (Å²) in [5, 5.41) is 0. The van der Waals surface area contributed by atoms with Gasteiger partial charge >= 0.3 is 0 Å². The molecule has 2 heteroatoms. The summed E-state index contributed by atoms with van der Waals surface area (Å²) in [6, 6.07) is 6.92. The van der Waals surface area contributed by atoms with Crippen LogP contribution in [0.2, 0.25) is 0 Å². The van der Waals surface area contributed by atoms with Crippen molar-refractivity contribution in [2.24, 2.45) is 0 Å². The van der Waals surface area contributed by atoms with Crippen LogP contribution in [-0.4, -0.2) is 23.5 Å². The zero-order chi connectivity index (χ0) is 13.3. The van der Waals surface area contributed by atoms with Crippen molar-refractivity contribution in [1.29, 1.82) is 0 Å². The monoisotopic (exact) mass is 259 g/mol. The van der Waals surface area contributed by atoms with Gasteiger partial charge in [-0.1, -0.05) is 18.2 Å². The molecule has 1 nitrogen and oxygen atoms in total. The molecular formula is C17H22FN. The van der Waals surface area contributed by atoms with E-state index in [0.717, 1.165) is 12.8 Å². The lowest BCUT2D eigenvalue weighted by atomic mass is 9.81. The van der Waals surface area contributed by atoms with Gasteiger partial charge in [0.2, 0.25) is 0 Å². The van der Waals surface area contributed by atoms with Gasteiger partial charge in [0.15, 0.2) is 0 Å². The molecule has 0 amide bonds. The number of hydrogen-bond acceptors (Lipinski definition) is 1. The van der Waals surface area contributed by atoms with E-state index in [2.05, 4.69) is 17.9 Å². The van der Waals surface area contributed by atoms with Crippen LogP contribution in [-0.2, 0) is 0 Å². The third-order valence-corrected chi connectivity index (χ3v) is 4.81. The molecule has 102 valence electrons. The van der Waals surface area contributed by atoms with Crippen molar-refractivity contribution in [3.63, 3.8) is 0 Å². The first-order valence-electron chi connectivity index (χ1n) is 7.37. The molecule has 1 unspecified atom stereocenters. The van der Waals surface area contributed by atoms with Gasteiger partial charge in [-0.3, -0.25) is 4.90 Å². The van der Waals surface area contributed by atoms with Gasteiger partial charge in [0.1, 0.15) is 5.82 Å². The van der Waals surface area contributed by atoms with E-state index in [9.17, 15) is 4.39 Å². The molecule has 1 saturated heterocycles. The average molecular weight is 259 g/mol. The Morgan fingerprint density at radius 3 is 2.37 bits per heavy atom. The van der Waals surface area contributed by atoms with Crippen LogP contribution in [0.3, 0.4) is 0 Å². The number of nitrogens with zero attached hydrogens (tertiary/aromatic N) is 1.